The van der Waals surface area contributed by atoms with Crippen LogP contribution in [-0.2, 0) is 6.54 Å². The lowest BCUT2D eigenvalue weighted by Crippen LogP contribution is -2.20. The first-order valence-electron chi connectivity index (χ1n) is 5.50. The molecule has 0 atom stereocenters. The average molecular weight is 230 g/mol. The van der Waals surface area contributed by atoms with Gasteiger partial charge in [0.25, 0.3) is 5.56 Å². The van der Waals surface area contributed by atoms with Gasteiger partial charge in [-0.15, -0.1) is 0 Å². The Labute approximate surface area is 99.2 Å². The van der Waals surface area contributed by atoms with Gasteiger partial charge in [-0.2, -0.15) is 0 Å². The molecule has 0 spiro atoms. The van der Waals surface area contributed by atoms with E-state index in [-0.39, 0.29) is 5.56 Å². The highest BCUT2D eigenvalue weighted by Gasteiger charge is 2.00. The molecule has 0 aliphatic heterocycles. The Morgan fingerprint density at radius 2 is 2.24 bits per heavy atom. The first-order chi connectivity index (χ1) is 8.29. The van der Waals surface area contributed by atoms with Crippen LogP contribution in [0.15, 0.2) is 41.6 Å². The average Bonchev–Trinajstić information content (AvgIpc) is 2.33. The van der Waals surface area contributed by atoms with Crippen molar-refractivity contribution in [3.05, 3.63) is 52.8 Å². The van der Waals surface area contributed by atoms with Crippen molar-refractivity contribution in [1.82, 2.24) is 14.5 Å². The molecule has 2 heterocycles. The molecule has 2 aromatic rings. The van der Waals surface area contributed by atoms with Gasteiger partial charge in [0.15, 0.2) is 0 Å². The molecule has 0 bridgehead atoms. The first-order valence-corrected chi connectivity index (χ1v) is 5.50. The van der Waals surface area contributed by atoms with Crippen molar-refractivity contribution in [2.75, 3.05) is 11.9 Å². The van der Waals surface area contributed by atoms with Crippen LogP contribution in [-0.4, -0.2) is 21.1 Å². The molecule has 0 radical (unpaired) electrons. The number of hydrogen-bond acceptors (Lipinski definition) is 4. The first kappa shape index (κ1) is 11.3. The van der Waals surface area contributed by atoms with Crippen LogP contribution < -0.4 is 10.9 Å². The van der Waals surface area contributed by atoms with E-state index >= 15 is 0 Å². The topological polar surface area (TPSA) is 59.8 Å². The molecule has 0 unspecified atom stereocenters. The third-order valence-electron chi connectivity index (χ3n) is 2.29. The third-order valence-corrected chi connectivity index (χ3v) is 2.29. The maximum atomic E-state index is 11.5. The van der Waals surface area contributed by atoms with E-state index in [9.17, 15) is 4.79 Å². The van der Waals surface area contributed by atoms with E-state index in [1.165, 1.54) is 23.2 Å². The minimum atomic E-state index is -0.0735. The molecule has 0 aliphatic rings. The molecule has 0 amide bonds. The van der Waals surface area contributed by atoms with E-state index in [2.05, 4.69) is 15.3 Å². The van der Waals surface area contributed by atoms with E-state index in [0.29, 0.717) is 6.54 Å². The summed E-state index contributed by atoms with van der Waals surface area (Å²) in [7, 11) is 0. The summed E-state index contributed by atoms with van der Waals surface area (Å²) in [6.45, 7) is 3.27. The van der Waals surface area contributed by atoms with Gasteiger partial charge in [0.1, 0.15) is 5.82 Å². The number of rotatable bonds is 4. The largest absolute Gasteiger partial charge is 0.370 e. The minimum absolute atomic E-state index is 0.0735. The van der Waals surface area contributed by atoms with Crippen LogP contribution in [0.4, 0.5) is 5.82 Å². The second kappa shape index (κ2) is 5.25. The zero-order valence-corrected chi connectivity index (χ0v) is 9.63. The van der Waals surface area contributed by atoms with Gasteiger partial charge in [0, 0.05) is 18.8 Å². The molecule has 0 aliphatic carbocycles. The molecule has 5 nitrogen and oxygen atoms in total. The zero-order chi connectivity index (χ0) is 12.1. The lowest BCUT2D eigenvalue weighted by Gasteiger charge is -2.06. The summed E-state index contributed by atoms with van der Waals surface area (Å²) < 4.78 is 1.53. The Hall–Kier alpha value is -2.17. The fourth-order valence-corrected chi connectivity index (χ4v) is 1.52. The number of aromatic nitrogens is 3. The predicted octanol–water partition coefficient (Wildman–Crippen LogP) is 1.12. The van der Waals surface area contributed by atoms with Crippen LogP contribution in [0, 0.1) is 0 Å². The lowest BCUT2D eigenvalue weighted by atomic mass is 10.3. The van der Waals surface area contributed by atoms with Crippen LogP contribution in [0.5, 0.6) is 0 Å². The zero-order valence-electron chi connectivity index (χ0n) is 9.63. The Kier molecular flexibility index (Phi) is 3.49. The number of anilines is 1. The number of hydrogen-bond donors (Lipinski definition) is 1. The highest BCUT2D eigenvalue weighted by atomic mass is 16.1. The maximum absolute atomic E-state index is 11.5. The quantitative estimate of drug-likeness (QED) is 0.855. The molecular formula is C12H14N4O. The standard InChI is InChI=1S/C12H14N4O/c1-2-14-11-5-3-4-10(15-11)8-16-9-13-7-6-12(16)17/h3-7,9H,2,8H2,1H3,(H,14,15). The SMILES string of the molecule is CCNc1cccc(Cn2cnccc2=O)n1. The summed E-state index contributed by atoms with van der Waals surface area (Å²) in [5.41, 5.74) is 0.759. The molecular weight excluding hydrogens is 216 g/mol. The second-order valence-corrected chi connectivity index (χ2v) is 3.59. The number of pyridine rings is 1. The highest BCUT2D eigenvalue weighted by molar-refractivity contribution is 5.35. The van der Waals surface area contributed by atoms with E-state index in [1.54, 1.807) is 0 Å². The van der Waals surface area contributed by atoms with Crippen molar-refractivity contribution in [3.63, 3.8) is 0 Å². The van der Waals surface area contributed by atoms with Crippen molar-refractivity contribution < 1.29 is 0 Å². The number of nitrogens with zero attached hydrogens (tertiary/aromatic N) is 3. The van der Waals surface area contributed by atoms with Gasteiger partial charge in [-0.05, 0) is 19.1 Å². The Bertz CT molecular complexity index is 550. The van der Waals surface area contributed by atoms with Crippen molar-refractivity contribution >= 4 is 5.82 Å². The molecule has 2 aromatic heterocycles. The van der Waals surface area contributed by atoms with Crippen molar-refractivity contribution in [2.24, 2.45) is 0 Å². The Morgan fingerprint density at radius 1 is 1.35 bits per heavy atom. The van der Waals surface area contributed by atoms with Crippen molar-refractivity contribution in [2.45, 2.75) is 13.5 Å². The molecule has 17 heavy (non-hydrogen) atoms. The maximum Gasteiger partial charge on any atom is 0.253 e. The lowest BCUT2D eigenvalue weighted by molar-refractivity contribution is 0.719. The van der Waals surface area contributed by atoms with Crippen LogP contribution in [0.2, 0.25) is 0 Å². The van der Waals surface area contributed by atoms with Crippen LogP contribution in [0.25, 0.3) is 0 Å². The predicted molar refractivity (Wildman–Crippen MR) is 66.0 cm³/mol. The van der Waals surface area contributed by atoms with Gasteiger partial charge in [-0.3, -0.25) is 9.36 Å². The molecule has 88 valence electrons. The Morgan fingerprint density at radius 3 is 3.00 bits per heavy atom. The molecule has 1 N–H and O–H groups in total. The van der Waals surface area contributed by atoms with Gasteiger partial charge in [-0.1, -0.05) is 6.07 Å². The fourth-order valence-electron chi connectivity index (χ4n) is 1.52. The fraction of sp³-hybridized carbons (Fsp3) is 0.250. The molecule has 0 saturated heterocycles. The van der Waals surface area contributed by atoms with Gasteiger partial charge in [-0.25, -0.2) is 9.97 Å². The second-order valence-electron chi connectivity index (χ2n) is 3.59. The smallest absolute Gasteiger partial charge is 0.253 e. The molecule has 5 heteroatoms. The number of nitrogens with one attached hydrogen (secondary N) is 1. The highest BCUT2D eigenvalue weighted by Crippen LogP contribution is 2.05. The monoisotopic (exact) mass is 230 g/mol. The van der Waals surface area contributed by atoms with E-state index in [1.807, 2.05) is 25.1 Å². The van der Waals surface area contributed by atoms with Crippen molar-refractivity contribution in [3.8, 4) is 0 Å². The summed E-state index contributed by atoms with van der Waals surface area (Å²) in [6.07, 6.45) is 3.01. The van der Waals surface area contributed by atoms with Gasteiger partial charge < -0.3 is 5.32 Å². The van der Waals surface area contributed by atoms with E-state index in [0.717, 1.165) is 18.1 Å². The normalized spacial score (nSPS) is 10.2. The summed E-state index contributed by atoms with van der Waals surface area (Å²) >= 11 is 0. The minimum Gasteiger partial charge on any atom is -0.370 e. The summed E-state index contributed by atoms with van der Waals surface area (Å²) in [5.74, 6) is 0.821. The van der Waals surface area contributed by atoms with Gasteiger partial charge >= 0.3 is 0 Å². The molecule has 0 fully saturated rings. The van der Waals surface area contributed by atoms with Crippen molar-refractivity contribution in [1.29, 1.82) is 0 Å². The van der Waals surface area contributed by atoms with E-state index in [4.69, 9.17) is 0 Å². The third kappa shape index (κ3) is 2.90. The van der Waals surface area contributed by atoms with Crippen LogP contribution in [0.3, 0.4) is 0 Å². The van der Waals surface area contributed by atoms with E-state index < -0.39 is 0 Å². The summed E-state index contributed by atoms with van der Waals surface area (Å²) in [5, 5.41) is 3.13. The Balaban J connectivity index is 2.21. The van der Waals surface area contributed by atoms with Crippen LogP contribution in [0.1, 0.15) is 12.6 Å². The molecule has 0 aromatic carbocycles. The summed E-state index contributed by atoms with van der Waals surface area (Å²) in [4.78, 5) is 19.8. The van der Waals surface area contributed by atoms with Crippen LogP contribution >= 0.6 is 0 Å². The van der Waals surface area contributed by atoms with Gasteiger partial charge in [0.2, 0.25) is 0 Å². The summed E-state index contributed by atoms with van der Waals surface area (Å²) in [6, 6.07) is 7.15. The van der Waals surface area contributed by atoms with Gasteiger partial charge in [0.05, 0.1) is 18.6 Å². The molecule has 0 saturated carbocycles. The molecule has 2 rings (SSSR count).